The highest BCUT2D eigenvalue weighted by atomic mass is 16.7. The van der Waals surface area contributed by atoms with Crippen LogP contribution < -0.4 is 0 Å². The maximum absolute atomic E-state index is 8.59. The van der Waals surface area contributed by atoms with Gasteiger partial charge in [-0.05, 0) is 6.08 Å². The zero-order valence-corrected chi connectivity index (χ0v) is 7.81. The molecule has 1 heterocycles. The number of ether oxygens (including phenoxy) is 2. The fourth-order valence-electron chi connectivity index (χ4n) is 1.79. The molecule has 0 unspecified atom stereocenters. The van der Waals surface area contributed by atoms with Crippen molar-refractivity contribution in [1.82, 2.24) is 0 Å². The first kappa shape index (κ1) is 9.98. The standard InChI is InChI=1S/C8H13BO5/c10-9(11)14-7-1-3-8(4-2-7)12-5-6-13-8/h1,10-11H,2-6H2. The van der Waals surface area contributed by atoms with Gasteiger partial charge in [0.2, 0.25) is 0 Å². The summed E-state index contributed by atoms with van der Waals surface area (Å²) in [5, 5.41) is 17.2. The Kier molecular flexibility index (Phi) is 2.78. The van der Waals surface area contributed by atoms with Crippen molar-refractivity contribution in [2.45, 2.75) is 25.0 Å². The van der Waals surface area contributed by atoms with E-state index in [-0.39, 0.29) is 0 Å². The van der Waals surface area contributed by atoms with E-state index in [9.17, 15) is 0 Å². The fourth-order valence-corrected chi connectivity index (χ4v) is 1.79. The normalized spacial score (nSPS) is 24.9. The quantitative estimate of drug-likeness (QED) is 0.603. The molecule has 0 amide bonds. The third kappa shape index (κ3) is 2.09. The Morgan fingerprint density at radius 3 is 2.57 bits per heavy atom. The Bertz CT molecular complexity index is 234. The molecule has 0 radical (unpaired) electrons. The van der Waals surface area contributed by atoms with Gasteiger partial charge in [-0.3, -0.25) is 0 Å². The van der Waals surface area contributed by atoms with Crippen molar-refractivity contribution < 1.29 is 24.2 Å². The molecule has 1 aliphatic carbocycles. The van der Waals surface area contributed by atoms with Crippen LogP contribution in [0.3, 0.4) is 0 Å². The number of rotatable bonds is 2. The van der Waals surface area contributed by atoms with Gasteiger partial charge in [0, 0.05) is 19.3 Å². The smallest absolute Gasteiger partial charge is 0.516 e. The van der Waals surface area contributed by atoms with Crippen LogP contribution in [0.2, 0.25) is 0 Å². The monoisotopic (exact) mass is 200 g/mol. The molecule has 0 aromatic carbocycles. The molecule has 78 valence electrons. The Morgan fingerprint density at radius 1 is 1.36 bits per heavy atom. The lowest BCUT2D eigenvalue weighted by molar-refractivity contribution is -0.163. The van der Waals surface area contributed by atoms with Crippen molar-refractivity contribution >= 4 is 7.32 Å². The van der Waals surface area contributed by atoms with E-state index in [2.05, 4.69) is 0 Å². The van der Waals surface area contributed by atoms with Gasteiger partial charge >= 0.3 is 7.32 Å². The molecule has 0 aromatic rings. The number of hydrogen-bond donors (Lipinski definition) is 2. The summed E-state index contributed by atoms with van der Waals surface area (Å²) in [4.78, 5) is 0. The Labute approximate surface area is 82.4 Å². The first-order valence-electron chi connectivity index (χ1n) is 4.70. The van der Waals surface area contributed by atoms with Crippen LogP contribution in [0, 0.1) is 0 Å². The lowest BCUT2D eigenvalue weighted by atomic mass is 9.98. The molecule has 1 fully saturated rings. The molecule has 5 nitrogen and oxygen atoms in total. The van der Waals surface area contributed by atoms with Gasteiger partial charge in [0.1, 0.15) is 0 Å². The molecule has 14 heavy (non-hydrogen) atoms. The maximum atomic E-state index is 8.59. The van der Waals surface area contributed by atoms with Crippen LogP contribution in [0.5, 0.6) is 0 Å². The van der Waals surface area contributed by atoms with E-state index in [1.807, 2.05) is 0 Å². The topological polar surface area (TPSA) is 68.2 Å². The molecular weight excluding hydrogens is 187 g/mol. The molecule has 0 atom stereocenters. The molecule has 2 aliphatic rings. The first-order valence-corrected chi connectivity index (χ1v) is 4.70. The predicted molar refractivity (Wildman–Crippen MR) is 47.8 cm³/mol. The van der Waals surface area contributed by atoms with Crippen molar-refractivity contribution in [3.8, 4) is 0 Å². The zero-order valence-electron chi connectivity index (χ0n) is 7.81. The Morgan fingerprint density at radius 2 is 2.07 bits per heavy atom. The van der Waals surface area contributed by atoms with E-state index in [0.717, 1.165) is 0 Å². The lowest BCUT2D eigenvalue weighted by Gasteiger charge is -2.30. The maximum Gasteiger partial charge on any atom is 0.707 e. The highest BCUT2D eigenvalue weighted by Crippen LogP contribution is 2.35. The summed E-state index contributed by atoms with van der Waals surface area (Å²) in [5.74, 6) is 0.109. The number of hydrogen-bond acceptors (Lipinski definition) is 5. The van der Waals surface area contributed by atoms with E-state index in [1.165, 1.54) is 0 Å². The molecule has 0 saturated carbocycles. The molecule has 1 saturated heterocycles. The SMILES string of the molecule is OB(O)OC1=CCC2(CC1)OCCO2. The van der Waals surface area contributed by atoms with Gasteiger partial charge in [0.05, 0.1) is 19.0 Å². The molecule has 0 aromatic heterocycles. The molecule has 6 heteroatoms. The minimum absolute atomic E-state index is 0.479. The van der Waals surface area contributed by atoms with Crippen LogP contribution in [0.15, 0.2) is 11.8 Å². The third-order valence-corrected chi connectivity index (χ3v) is 2.46. The van der Waals surface area contributed by atoms with E-state index in [0.29, 0.717) is 38.2 Å². The van der Waals surface area contributed by atoms with Crippen LogP contribution in [0.25, 0.3) is 0 Å². The van der Waals surface area contributed by atoms with Crippen molar-refractivity contribution in [3.63, 3.8) is 0 Å². The van der Waals surface area contributed by atoms with Crippen LogP contribution in [-0.2, 0) is 14.1 Å². The molecule has 1 aliphatic heterocycles. The fraction of sp³-hybridized carbons (Fsp3) is 0.750. The second kappa shape index (κ2) is 3.90. The summed E-state index contributed by atoms with van der Waals surface area (Å²) in [6, 6.07) is 0. The van der Waals surface area contributed by atoms with Crippen LogP contribution in [0.4, 0.5) is 0 Å². The van der Waals surface area contributed by atoms with Gasteiger partial charge in [0.15, 0.2) is 5.79 Å². The number of allylic oxidation sites excluding steroid dienone is 1. The van der Waals surface area contributed by atoms with E-state index in [4.69, 9.17) is 24.2 Å². The summed E-state index contributed by atoms with van der Waals surface area (Å²) in [6.07, 6.45) is 3.70. The molecule has 1 spiro atoms. The van der Waals surface area contributed by atoms with Crippen molar-refractivity contribution in [1.29, 1.82) is 0 Å². The van der Waals surface area contributed by atoms with Crippen LogP contribution >= 0.6 is 0 Å². The minimum atomic E-state index is -1.74. The average molecular weight is 200 g/mol. The van der Waals surface area contributed by atoms with Gasteiger partial charge in [-0.25, -0.2) is 0 Å². The van der Waals surface area contributed by atoms with Gasteiger partial charge in [-0.1, -0.05) is 0 Å². The predicted octanol–water partition coefficient (Wildman–Crippen LogP) is -0.217. The van der Waals surface area contributed by atoms with Crippen molar-refractivity contribution in [3.05, 3.63) is 11.8 Å². The van der Waals surface area contributed by atoms with E-state index in [1.54, 1.807) is 6.08 Å². The zero-order chi connectivity index (χ0) is 10.0. The molecule has 0 bridgehead atoms. The van der Waals surface area contributed by atoms with Gasteiger partial charge in [-0.15, -0.1) is 0 Å². The highest BCUT2D eigenvalue weighted by molar-refractivity contribution is 6.33. The first-order chi connectivity index (χ1) is 6.70. The molecule has 2 N–H and O–H groups in total. The van der Waals surface area contributed by atoms with Gasteiger partial charge in [0.25, 0.3) is 0 Å². The van der Waals surface area contributed by atoms with E-state index < -0.39 is 13.1 Å². The van der Waals surface area contributed by atoms with E-state index >= 15 is 0 Å². The summed E-state index contributed by atoms with van der Waals surface area (Å²) in [7, 11) is -1.74. The largest absolute Gasteiger partial charge is 0.707 e. The summed E-state index contributed by atoms with van der Waals surface area (Å²) >= 11 is 0. The average Bonchev–Trinajstić information content (AvgIpc) is 2.58. The summed E-state index contributed by atoms with van der Waals surface area (Å²) < 4.78 is 15.7. The van der Waals surface area contributed by atoms with Gasteiger partial charge < -0.3 is 24.2 Å². The van der Waals surface area contributed by atoms with Crippen LogP contribution in [-0.4, -0.2) is 36.4 Å². The Balaban J connectivity index is 1.92. The lowest BCUT2D eigenvalue weighted by Crippen LogP contribution is -2.32. The van der Waals surface area contributed by atoms with Crippen molar-refractivity contribution in [2.75, 3.05) is 13.2 Å². The van der Waals surface area contributed by atoms with Crippen molar-refractivity contribution in [2.24, 2.45) is 0 Å². The summed E-state index contributed by atoms with van der Waals surface area (Å²) in [5.41, 5.74) is 0. The second-order valence-corrected chi connectivity index (χ2v) is 3.43. The Hall–Kier alpha value is -0.555. The molecule has 2 rings (SSSR count). The van der Waals surface area contributed by atoms with Crippen LogP contribution in [0.1, 0.15) is 19.3 Å². The molecular formula is C8H13BO5. The highest BCUT2D eigenvalue weighted by Gasteiger charge is 2.38. The second-order valence-electron chi connectivity index (χ2n) is 3.43. The third-order valence-electron chi connectivity index (χ3n) is 2.46. The van der Waals surface area contributed by atoms with Gasteiger partial charge in [-0.2, -0.15) is 0 Å². The summed E-state index contributed by atoms with van der Waals surface area (Å²) in [6.45, 7) is 1.26. The minimum Gasteiger partial charge on any atom is -0.516 e.